The molecule has 12 heteroatoms. The van der Waals surface area contributed by atoms with E-state index in [4.69, 9.17) is 4.74 Å². The van der Waals surface area contributed by atoms with E-state index in [0.717, 1.165) is 17.5 Å². The van der Waals surface area contributed by atoms with Gasteiger partial charge in [-0.2, -0.15) is 0 Å². The molecule has 0 fully saturated rings. The van der Waals surface area contributed by atoms with E-state index in [1.165, 1.54) is 17.0 Å². The Morgan fingerprint density at radius 3 is 2.70 bits per heavy atom. The van der Waals surface area contributed by atoms with Gasteiger partial charge in [0, 0.05) is 20.1 Å². The number of nitrogens with one attached hydrogen (secondary N) is 2. The van der Waals surface area contributed by atoms with Crippen LogP contribution in [0, 0.1) is 10.1 Å². The number of benzene rings is 1. The summed E-state index contributed by atoms with van der Waals surface area (Å²) in [5, 5.41) is 15.9. The molecule has 10 nitrogen and oxygen atoms in total. The molecular formula is C15H18ClN5O5S. The summed E-state index contributed by atoms with van der Waals surface area (Å²) < 4.78 is 5.28. The summed E-state index contributed by atoms with van der Waals surface area (Å²) in [6.07, 6.45) is 0.452. The number of ether oxygens (including phenoxy) is 1. The predicted octanol–water partition coefficient (Wildman–Crippen LogP) is 2.38. The summed E-state index contributed by atoms with van der Waals surface area (Å²) in [5.41, 5.74) is 0.112. The predicted molar refractivity (Wildman–Crippen MR) is 103 cm³/mol. The highest BCUT2D eigenvalue weighted by atomic mass is 35.5. The molecule has 2 N–H and O–H groups in total. The standard InChI is InChI=1S/C15H17N5O5S.ClH/c1-16-7-8-19(2)15(22)25-11-6-4-3-5-10(11)13(21)18-14-17-9-12(26-14)20(23)24;/h3-6,9,16H,7-8H2,1-2H3,(H,17,18,21);1H. The smallest absolute Gasteiger partial charge is 0.409 e. The van der Waals surface area contributed by atoms with Crippen LogP contribution < -0.4 is 15.4 Å². The van der Waals surface area contributed by atoms with E-state index in [1.54, 1.807) is 26.2 Å². The Kier molecular flexibility index (Phi) is 8.59. The van der Waals surface area contributed by atoms with E-state index in [0.29, 0.717) is 13.1 Å². The van der Waals surface area contributed by atoms with Crippen LogP contribution in [-0.4, -0.2) is 54.0 Å². The molecule has 27 heavy (non-hydrogen) atoms. The number of aromatic nitrogens is 1. The minimum atomic E-state index is -0.606. The quantitative estimate of drug-likeness (QED) is 0.525. The number of nitrogens with zero attached hydrogens (tertiary/aromatic N) is 3. The number of hydrogen-bond donors (Lipinski definition) is 2. The molecule has 146 valence electrons. The third kappa shape index (κ3) is 6.16. The lowest BCUT2D eigenvalue weighted by molar-refractivity contribution is -0.380. The summed E-state index contributed by atoms with van der Waals surface area (Å²) in [6, 6.07) is 6.21. The van der Waals surface area contributed by atoms with Gasteiger partial charge in [-0.25, -0.2) is 9.78 Å². The van der Waals surface area contributed by atoms with Crippen molar-refractivity contribution in [2.75, 3.05) is 32.5 Å². The van der Waals surface area contributed by atoms with E-state index in [9.17, 15) is 19.7 Å². The summed E-state index contributed by atoms with van der Waals surface area (Å²) >= 11 is 0.733. The van der Waals surface area contributed by atoms with Gasteiger partial charge in [0.1, 0.15) is 11.9 Å². The summed E-state index contributed by atoms with van der Waals surface area (Å²) in [4.78, 5) is 39.7. The molecular weight excluding hydrogens is 398 g/mol. The Hall–Kier alpha value is -2.76. The Bertz CT molecular complexity index is 815. The molecule has 0 unspecified atom stereocenters. The molecule has 2 rings (SSSR count). The monoisotopic (exact) mass is 415 g/mol. The number of hydrogen-bond acceptors (Lipinski definition) is 8. The van der Waals surface area contributed by atoms with Gasteiger partial charge in [-0.05, 0) is 30.5 Å². The zero-order valence-electron chi connectivity index (χ0n) is 14.5. The summed E-state index contributed by atoms with van der Waals surface area (Å²) in [6.45, 7) is 1.03. The number of anilines is 1. The molecule has 0 spiro atoms. The van der Waals surface area contributed by atoms with E-state index >= 15 is 0 Å². The number of amides is 2. The normalized spacial score (nSPS) is 9.85. The van der Waals surface area contributed by atoms with Gasteiger partial charge in [-0.15, -0.1) is 12.4 Å². The maximum Gasteiger partial charge on any atom is 0.415 e. The fourth-order valence-electron chi connectivity index (χ4n) is 1.86. The van der Waals surface area contributed by atoms with Crippen molar-refractivity contribution in [2.24, 2.45) is 0 Å². The van der Waals surface area contributed by atoms with Crippen LogP contribution in [0.4, 0.5) is 14.9 Å². The molecule has 0 aliphatic heterocycles. The van der Waals surface area contributed by atoms with Crippen molar-refractivity contribution in [3.05, 3.63) is 46.1 Å². The number of likely N-dealkylation sites (N-methyl/N-ethyl adjacent to an activating group) is 2. The van der Waals surface area contributed by atoms with Gasteiger partial charge in [-0.1, -0.05) is 12.1 Å². The van der Waals surface area contributed by atoms with Crippen LogP contribution in [0.25, 0.3) is 0 Å². The van der Waals surface area contributed by atoms with Crippen LogP contribution in [0.5, 0.6) is 5.75 Å². The number of rotatable bonds is 7. The van der Waals surface area contributed by atoms with Gasteiger partial charge in [0.05, 0.1) is 10.5 Å². The average Bonchev–Trinajstić information content (AvgIpc) is 3.08. The van der Waals surface area contributed by atoms with Gasteiger partial charge in [-0.3, -0.25) is 20.2 Å². The third-order valence-electron chi connectivity index (χ3n) is 3.23. The van der Waals surface area contributed by atoms with Crippen molar-refractivity contribution in [1.29, 1.82) is 0 Å². The van der Waals surface area contributed by atoms with Crippen LogP contribution >= 0.6 is 23.7 Å². The minimum Gasteiger partial charge on any atom is -0.409 e. The zero-order valence-corrected chi connectivity index (χ0v) is 16.1. The molecule has 1 aromatic carbocycles. The van der Waals surface area contributed by atoms with Crippen LogP contribution in [0.15, 0.2) is 30.5 Å². The van der Waals surface area contributed by atoms with Crippen molar-refractivity contribution in [3.63, 3.8) is 0 Å². The van der Waals surface area contributed by atoms with Crippen molar-refractivity contribution in [2.45, 2.75) is 0 Å². The molecule has 0 aliphatic carbocycles. The molecule has 0 radical (unpaired) electrons. The second kappa shape index (κ2) is 10.4. The molecule has 0 saturated heterocycles. The van der Waals surface area contributed by atoms with Crippen molar-refractivity contribution >= 4 is 45.9 Å². The fraction of sp³-hybridized carbons (Fsp3) is 0.267. The Morgan fingerprint density at radius 2 is 2.07 bits per heavy atom. The second-order valence-corrected chi connectivity index (χ2v) is 6.11. The van der Waals surface area contributed by atoms with Gasteiger partial charge in [0.25, 0.3) is 5.91 Å². The first-order valence-electron chi connectivity index (χ1n) is 7.50. The lowest BCUT2D eigenvalue weighted by Gasteiger charge is -2.17. The number of nitro groups is 1. The highest BCUT2D eigenvalue weighted by molar-refractivity contribution is 7.18. The zero-order chi connectivity index (χ0) is 19.1. The van der Waals surface area contributed by atoms with Crippen molar-refractivity contribution in [1.82, 2.24) is 15.2 Å². The first-order valence-corrected chi connectivity index (χ1v) is 8.32. The topological polar surface area (TPSA) is 127 Å². The lowest BCUT2D eigenvalue weighted by Crippen LogP contribution is -2.35. The van der Waals surface area contributed by atoms with Crippen molar-refractivity contribution < 1.29 is 19.2 Å². The highest BCUT2D eigenvalue weighted by Crippen LogP contribution is 2.26. The molecule has 0 bridgehead atoms. The van der Waals surface area contributed by atoms with Gasteiger partial charge in [0.2, 0.25) is 0 Å². The largest absolute Gasteiger partial charge is 0.415 e. The number of carbonyl (C=O) groups excluding carboxylic acids is 2. The summed E-state index contributed by atoms with van der Waals surface area (Å²) in [5.74, 6) is -0.507. The van der Waals surface area contributed by atoms with E-state index < -0.39 is 16.9 Å². The Labute approximate surface area is 165 Å². The molecule has 0 aliphatic rings. The molecule has 1 heterocycles. The first-order chi connectivity index (χ1) is 12.4. The number of halogens is 1. The minimum absolute atomic E-state index is 0. The van der Waals surface area contributed by atoms with Crippen molar-refractivity contribution in [3.8, 4) is 5.75 Å². The average molecular weight is 416 g/mol. The van der Waals surface area contributed by atoms with Gasteiger partial charge < -0.3 is 15.0 Å². The summed E-state index contributed by atoms with van der Waals surface area (Å²) in [7, 11) is 3.35. The Morgan fingerprint density at radius 1 is 1.37 bits per heavy atom. The molecule has 0 atom stereocenters. The molecule has 0 saturated carbocycles. The molecule has 2 amide bonds. The van der Waals surface area contributed by atoms with Crippen LogP contribution in [0.1, 0.15) is 10.4 Å². The second-order valence-electron chi connectivity index (χ2n) is 5.10. The Balaban J connectivity index is 0.00000364. The maximum absolute atomic E-state index is 12.4. The number of carbonyl (C=O) groups is 2. The van der Waals surface area contributed by atoms with E-state index in [2.05, 4.69) is 15.6 Å². The molecule has 1 aromatic heterocycles. The van der Waals surface area contributed by atoms with Gasteiger partial charge >= 0.3 is 11.1 Å². The third-order valence-corrected chi connectivity index (χ3v) is 4.10. The van der Waals surface area contributed by atoms with E-state index in [-0.39, 0.29) is 33.9 Å². The highest BCUT2D eigenvalue weighted by Gasteiger charge is 2.19. The molecule has 2 aromatic rings. The first kappa shape index (κ1) is 22.3. The van der Waals surface area contributed by atoms with Crippen LogP contribution in [-0.2, 0) is 0 Å². The SMILES string of the molecule is CNCCN(C)C(=O)Oc1ccccc1C(=O)Nc1ncc([N+](=O)[O-])s1.Cl. The maximum atomic E-state index is 12.4. The fourth-order valence-corrected chi connectivity index (χ4v) is 2.49. The van der Waals surface area contributed by atoms with E-state index in [1.807, 2.05) is 0 Å². The van der Waals surface area contributed by atoms with Crippen LogP contribution in [0.3, 0.4) is 0 Å². The number of thiazole rings is 1. The van der Waals surface area contributed by atoms with Crippen LogP contribution in [0.2, 0.25) is 0 Å². The number of para-hydroxylation sites is 1. The van der Waals surface area contributed by atoms with Gasteiger partial charge in [0.15, 0.2) is 5.13 Å². The lowest BCUT2D eigenvalue weighted by atomic mass is 10.2.